The second kappa shape index (κ2) is 10.00. The Labute approximate surface area is 171 Å². The van der Waals surface area contributed by atoms with Gasteiger partial charge in [-0.3, -0.25) is 0 Å². The molecule has 0 amide bonds. The van der Waals surface area contributed by atoms with E-state index in [9.17, 15) is 8.42 Å². The number of ether oxygens (including phenoxy) is 2. The minimum absolute atomic E-state index is 0.329. The van der Waals surface area contributed by atoms with Gasteiger partial charge in [-0.15, -0.1) is 0 Å². The van der Waals surface area contributed by atoms with Crippen LogP contribution in [0.4, 0.5) is 0 Å². The number of rotatable bonds is 9. The van der Waals surface area contributed by atoms with Crippen molar-refractivity contribution in [3.63, 3.8) is 0 Å². The van der Waals surface area contributed by atoms with Crippen molar-refractivity contribution in [1.29, 1.82) is 0 Å². The van der Waals surface area contributed by atoms with E-state index in [-0.39, 0.29) is 0 Å². The largest absolute Gasteiger partial charge is 0.490 e. The molecule has 0 aliphatic heterocycles. The standard InChI is InChI=1S/C23H38O4S/c1-6-26-21-15-14-19(16-22(21)27-7-2)11-8-18-9-12-20(13-10-18)17-28(24,25)23(3,4)5/h14-16,18,20H,6-13,17H2,1-5H3. The first-order chi connectivity index (χ1) is 13.2. The number of hydrogen-bond donors (Lipinski definition) is 0. The van der Waals surface area contributed by atoms with Crippen LogP contribution in [0.15, 0.2) is 18.2 Å². The van der Waals surface area contributed by atoms with Crippen LogP contribution in [0, 0.1) is 11.8 Å². The van der Waals surface area contributed by atoms with Gasteiger partial charge < -0.3 is 9.47 Å². The third kappa shape index (κ3) is 6.40. The molecule has 0 aromatic heterocycles. The summed E-state index contributed by atoms with van der Waals surface area (Å²) in [6.45, 7) is 10.6. The second-order valence-electron chi connectivity index (χ2n) is 8.97. The summed E-state index contributed by atoms with van der Waals surface area (Å²) in [5.41, 5.74) is 1.28. The van der Waals surface area contributed by atoms with Gasteiger partial charge in [0.2, 0.25) is 0 Å². The van der Waals surface area contributed by atoms with E-state index in [1.807, 2.05) is 19.9 Å². The molecular weight excluding hydrogens is 372 g/mol. The minimum atomic E-state index is -3.02. The molecule has 28 heavy (non-hydrogen) atoms. The van der Waals surface area contributed by atoms with Crippen LogP contribution in [-0.4, -0.2) is 32.1 Å². The van der Waals surface area contributed by atoms with E-state index in [1.54, 1.807) is 20.8 Å². The zero-order valence-electron chi connectivity index (χ0n) is 18.3. The maximum Gasteiger partial charge on any atom is 0.161 e. The molecular formula is C23H38O4S. The molecule has 1 saturated carbocycles. The lowest BCUT2D eigenvalue weighted by Crippen LogP contribution is -2.34. The Balaban J connectivity index is 1.85. The van der Waals surface area contributed by atoms with Gasteiger partial charge in [-0.05, 0) is 89.8 Å². The van der Waals surface area contributed by atoms with Crippen molar-refractivity contribution in [2.45, 2.75) is 77.9 Å². The molecule has 0 radical (unpaired) electrons. The van der Waals surface area contributed by atoms with Gasteiger partial charge in [-0.1, -0.05) is 18.9 Å². The summed E-state index contributed by atoms with van der Waals surface area (Å²) in [5, 5.41) is 0. The quantitative estimate of drug-likeness (QED) is 0.544. The third-order valence-corrected chi connectivity index (χ3v) is 8.58. The van der Waals surface area contributed by atoms with E-state index >= 15 is 0 Å². The van der Waals surface area contributed by atoms with Gasteiger partial charge in [0.1, 0.15) is 0 Å². The van der Waals surface area contributed by atoms with Crippen LogP contribution in [0.5, 0.6) is 11.5 Å². The topological polar surface area (TPSA) is 52.6 Å². The minimum Gasteiger partial charge on any atom is -0.490 e. The Morgan fingerprint density at radius 1 is 0.929 bits per heavy atom. The SMILES string of the molecule is CCOc1ccc(CCC2CCC(CS(=O)(=O)C(C)(C)C)CC2)cc1OCC. The number of sulfone groups is 1. The fraction of sp³-hybridized carbons (Fsp3) is 0.739. The molecule has 0 atom stereocenters. The van der Waals surface area contributed by atoms with Gasteiger partial charge in [-0.2, -0.15) is 0 Å². The average Bonchev–Trinajstić information content (AvgIpc) is 2.62. The summed E-state index contributed by atoms with van der Waals surface area (Å²) in [5.74, 6) is 3.01. The molecule has 2 rings (SSSR count). The van der Waals surface area contributed by atoms with Crippen molar-refractivity contribution in [1.82, 2.24) is 0 Å². The first-order valence-electron chi connectivity index (χ1n) is 10.8. The van der Waals surface area contributed by atoms with Gasteiger partial charge >= 0.3 is 0 Å². The van der Waals surface area contributed by atoms with E-state index in [0.717, 1.165) is 50.0 Å². The Morgan fingerprint density at radius 3 is 2.07 bits per heavy atom. The van der Waals surface area contributed by atoms with Gasteiger partial charge in [0.05, 0.1) is 23.7 Å². The van der Waals surface area contributed by atoms with Crippen molar-refractivity contribution in [3.8, 4) is 11.5 Å². The van der Waals surface area contributed by atoms with Gasteiger partial charge in [0, 0.05) is 0 Å². The molecule has 1 aromatic rings. The third-order valence-electron chi connectivity index (χ3n) is 5.80. The highest BCUT2D eigenvalue weighted by Crippen LogP contribution is 2.35. The molecule has 0 spiro atoms. The molecule has 4 nitrogen and oxygen atoms in total. The molecule has 0 bridgehead atoms. The molecule has 0 heterocycles. The number of hydrogen-bond acceptors (Lipinski definition) is 4. The summed E-state index contributed by atoms with van der Waals surface area (Å²) >= 11 is 0. The van der Waals surface area contributed by atoms with E-state index < -0.39 is 14.6 Å². The van der Waals surface area contributed by atoms with Gasteiger partial charge in [0.15, 0.2) is 21.3 Å². The van der Waals surface area contributed by atoms with E-state index in [1.165, 1.54) is 5.56 Å². The highest BCUT2D eigenvalue weighted by atomic mass is 32.2. The molecule has 1 aliphatic carbocycles. The van der Waals surface area contributed by atoms with Crippen molar-refractivity contribution < 1.29 is 17.9 Å². The number of aryl methyl sites for hydroxylation is 1. The Hall–Kier alpha value is -1.23. The highest BCUT2D eigenvalue weighted by Gasteiger charge is 2.33. The van der Waals surface area contributed by atoms with E-state index in [4.69, 9.17) is 9.47 Å². The number of benzene rings is 1. The predicted octanol–water partition coefficient (Wildman–Crippen LogP) is 5.44. The lowest BCUT2D eigenvalue weighted by molar-refractivity contribution is 0.277. The molecule has 160 valence electrons. The Morgan fingerprint density at radius 2 is 1.50 bits per heavy atom. The highest BCUT2D eigenvalue weighted by molar-refractivity contribution is 7.92. The first kappa shape index (κ1) is 23.1. The van der Waals surface area contributed by atoms with Crippen molar-refractivity contribution in [3.05, 3.63) is 23.8 Å². The van der Waals surface area contributed by atoms with Crippen molar-refractivity contribution in [2.75, 3.05) is 19.0 Å². The lowest BCUT2D eigenvalue weighted by atomic mass is 9.80. The van der Waals surface area contributed by atoms with Crippen LogP contribution in [0.3, 0.4) is 0 Å². The lowest BCUT2D eigenvalue weighted by Gasteiger charge is -2.30. The normalized spacial score (nSPS) is 20.8. The van der Waals surface area contributed by atoms with Crippen molar-refractivity contribution >= 4 is 9.84 Å². The van der Waals surface area contributed by atoms with Crippen LogP contribution in [0.2, 0.25) is 0 Å². The monoisotopic (exact) mass is 410 g/mol. The van der Waals surface area contributed by atoms with Crippen LogP contribution >= 0.6 is 0 Å². The fourth-order valence-electron chi connectivity index (χ4n) is 3.87. The van der Waals surface area contributed by atoms with Crippen molar-refractivity contribution in [2.24, 2.45) is 11.8 Å². The van der Waals surface area contributed by atoms with Crippen LogP contribution < -0.4 is 9.47 Å². The summed E-state index contributed by atoms with van der Waals surface area (Å²) in [6.07, 6.45) is 6.53. The van der Waals surface area contributed by atoms with E-state index in [0.29, 0.717) is 30.8 Å². The van der Waals surface area contributed by atoms with Crippen LogP contribution in [0.25, 0.3) is 0 Å². The zero-order chi connectivity index (χ0) is 20.8. The van der Waals surface area contributed by atoms with E-state index in [2.05, 4.69) is 12.1 Å². The van der Waals surface area contributed by atoms with Crippen LogP contribution in [-0.2, 0) is 16.3 Å². The Kier molecular flexibility index (Phi) is 8.23. The molecule has 1 aromatic carbocycles. The molecule has 1 aliphatic rings. The molecule has 1 fully saturated rings. The first-order valence-corrected chi connectivity index (χ1v) is 12.4. The Bertz CT molecular complexity index is 711. The average molecular weight is 411 g/mol. The summed E-state index contributed by atoms with van der Waals surface area (Å²) < 4.78 is 35.6. The predicted molar refractivity (Wildman–Crippen MR) is 116 cm³/mol. The zero-order valence-corrected chi connectivity index (χ0v) is 19.1. The summed E-state index contributed by atoms with van der Waals surface area (Å²) in [7, 11) is -3.02. The summed E-state index contributed by atoms with van der Waals surface area (Å²) in [6, 6.07) is 6.25. The maximum atomic E-state index is 12.4. The van der Waals surface area contributed by atoms with Gasteiger partial charge in [-0.25, -0.2) is 8.42 Å². The maximum absolute atomic E-state index is 12.4. The van der Waals surface area contributed by atoms with Gasteiger partial charge in [0.25, 0.3) is 0 Å². The summed E-state index contributed by atoms with van der Waals surface area (Å²) in [4.78, 5) is 0. The molecule has 0 unspecified atom stereocenters. The molecule has 0 N–H and O–H groups in total. The smallest absolute Gasteiger partial charge is 0.161 e. The molecule has 0 saturated heterocycles. The fourth-order valence-corrected chi connectivity index (χ4v) is 5.32. The molecule has 5 heteroatoms. The van der Waals surface area contributed by atoms with Crippen LogP contribution in [0.1, 0.15) is 72.3 Å². The second-order valence-corrected chi connectivity index (χ2v) is 11.8.